The molecule has 2 heterocycles. The van der Waals surface area contributed by atoms with Crippen molar-refractivity contribution >= 4 is 22.8 Å². The molecule has 0 fully saturated rings. The van der Waals surface area contributed by atoms with Gasteiger partial charge in [-0.1, -0.05) is 31.2 Å². The topological polar surface area (TPSA) is 76.5 Å². The van der Waals surface area contributed by atoms with Gasteiger partial charge in [0.25, 0.3) is 5.91 Å². The summed E-state index contributed by atoms with van der Waals surface area (Å²) in [7, 11) is 0. The highest BCUT2D eigenvalue weighted by Crippen LogP contribution is 2.34. The molecular formula is C20H18N2O3. The van der Waals surface area contributed by atoms with Crippen LogP contribution in [0, 0.1) is 0 Å². The zero-order valence-electron chi connectivity index (χ0n) is 13.9. The number of nitrogens with zero attached hydrogens (tertiary/aromatic N) is 1. The minimum Gasteiger partial charge on any atom is -0.464 e. The Labute approximate surface area is 145 Å². The fourth-order valence-corrected chi connectivity index (χ4v) is 3.54. The van der Waals surface area contributed by atoms with Gasteiger partial charge in [-0.05, 0) is 35.7 Å². The van der Waals surface area contributed by atoms with E-state index in [2.05, 4.69) is 0 Å². The molecule has 1 aliphatic heterocycles. The third kappa shape index (κ3) is 2.39. The Morgan fingerprint density at radius 1 is 1.24 bits per heavy atom. The van der Waals surface area contributed by atoms with Gasteiger partial charge in [0.1, 0.15) is 11.6 Å². The Morgan fingerprint density at radius 3 is 2.80 bits per heavy atom. The van der Waals surface area contributed by atoms with Crippen molar-refractivity contribution in [1.82, 2.24) is 4.90 Å². The molecule has 2 amide bonds. The average molecular weight is 334 g/mol. The van der Waals surface area contributed by atoms with Crippen LogP contribution in [0.3, 0.4) is 0 Å². The van der Waals surface area contributed by atoms with E-state index in [0.717, 1.165) is 27.7 Å². The normalized spacial score (nSPS) is 14.8. The average Bonchev–Trinajstić information content (AvgIpc) is 3.17. The molecule has 5 nitrogen and oxygen atoms in total. The van der Waals surface area contributed by atoms with Crippen molar-refractivity contribution < 1.29 is 14.0 Å². The van der Waals surface area contributed by atoms with Crippen LogP contribution in [0.15, 0.2) is 53.1 Å². The number of fused-ring (bicyclic) bond motifs is 2. The Kier molecular flexibility index (Phi) is 3.57. The first kappa shape index (κ1) is 15.4. The molecule has 1 atom stereocenters. The smallest absolute Gasteiger partial charge is 0.255 e. The molecule has 3 aromatic rings. The van der Waals surface area contributed by atoms with Crippen LogP contribution in [-0.2, 0) is 11.3 Å². The van der Waals surface area contributed by atoms with Gasteiger partial charge >= 0.3 is 0 Å². The highest BCUT2D eigenvalue weighted by Gasteiger charge is 2.34. The van der Waals surface area contributed by atoms with Crippen molar-refractivity contribution in [3.8, 4) is 11.1 Å². The number of nitrogens with two attached hydrogens (primary N) is 1. The van der Waals surface area contributed by atoms with Crippen LogP contribution in [-0.4, -0.2) is 22.8 Å². The number of furan rings is 1. The van der Waals surface area contributed by atoms with E-state index in [0.29, 0.717) is 18.5 Å². The van der Waals surface area contributed by atoms with Gasteiger partial charge in [-0.3, -0.25) is 9.59 Å². The largest absolute Gasteiger partial charge is 0.464 e. The molecule has 0 saturated carbocycles. The Hall–Kier alpha value is -3.08. The first-order valence-electron chi connectivity index (χ1n) is 8.30. The number of amides is 2. The van der Waals surface area contributed by atoms with E-state index >= 15 is 0 Å². The van der Waals surface area contributed by atoms with Crippen LogP contribution in [0.2, 0.25) is 0 Å². The number of benzene rings is 2. The maximum atomic E-state index is 12.6. The first-order chi connectivity index (χ1) is 12.1. The summed E-state index contributed by atoms with van der Waals surface area (Å²) in [5.41, 5.74) is 9.81. The summed E-state index contributed by atoms with van der Waals surface area (Å²) in [5.74, 6) is -0.603. The molecule has 0 bridgehead atoms. The zero-order chi connectivity index (χ0) is 17.6. The molecule has 0 saturated heterocycles. The zero-order valence-corrected chi connectivity index (χ0v) is 13.9. The van der Waals surface area contributed by atoms with Crippen LogP contribution >= 0.6 is 0 Å². The summed E-state index contributed by atoms with van der Waals surface area (Å²) < 4.78 is 5.61. The van der Waals surface area contributed by atoms with Gasteiger partial charge in [-0.25, -0.2) is 0 Å². The van der Waals surface area contributed by atoms with E-state index < -0.39 is 11.9 Å². The molecule has 0 unspecified atom stereocenters. The Balaban J connectivity index is 1.74. The minimum atomic E-state index is -0.571. The van der Waals surface area contributed by atoms with E-state index in [1.165, 1.54) is 0 Å². The Morgan fingerprint density at radius 2 is 2.04 bits per heavy atom. The van der Waals surface area contributed by atoms with Crippen molar-refractivity contribution in [2.45, 2.75) is 25.9 Å². The van der Waals surface area contributed by atoms with E-state index in [1.807, 2.05) is 49.4 Å². The molecule has 2 N–H and O–H groups in total. The maximum Gasteiger partial charge on any atom is 0.255 e. The summed E-state index contributed by atoms with van der Waals surface area (Å²) in [6, 6.07) is 13.0. The van der Waals surface area contributed by atoms with Crippen LogP contribution in [0.25, 0.3) is 22.1 Å². The molecule has 0 aliphatic carbocycles. The summed E-state index contributed by atoms with van der Waals surface area (Å²) in [4.78, 5) is 25.8. The van der Waals surface area contributed by atoms with Gasteiger partial charge in [0.15, 0.2) is 0 Å². The minimum absolute atomic E-state index is 0.135. The third-order valence-electron chi connectivity index (χ3n) is 4.82. The van der Waals surface area contributed by atoms with Gasteiger partial charge in [-0.2, -0.15) is 0 Å². The fraction of sp³-hybridized carbons (Fsp3) is 0.200. The van der Waals surface area contributed by atoms with Crippen molar-refractivity contribution in [3.05, 3.63) is 59.9 Å². The van der Waals surface area contributed by atoms with E-state index in [1.54, 1.807) is 11.2 Å². The van der Waals surface area contributed by atoms with Crippen LogP contribution in [0.5, 0.6) is 0 Å². The molecule has 4 rings (SSSR count). The molecule has 126 valence electrons. The third-order valence-corrected chi connectivity index (χ3v) is 4.82. The van der Waals surface area contributed by atoms with Crippen molar-refractivity contribution in [2.24, 2.45) is 5.73 Å². The van der Waals surface area contributed by atoms with Crippen LogP contribution in [0.1, 0.15) is 29.3 Å². The predicted molar refractivity (Wildman–Crippen MR) is 94.8 cm³/mol. The van der Waals surface area contributed by atoms with E-state index in [-0.39, 0.29) is 5.91 Å². The van der Waals surface area contributed by atoms with Crippen LogP contribution in [0.4, 0.5) is 0 Å². The SMILES string of the molecule is CC[C@@H](C(N)=O)N1Cc2cc(-c3coc4ccccc34)ccc2C1=O. The number of primary amides is 1. The highest BCUT2D eigenvalue weighted by molar-refractivity contribution is 6.02. The second kappa shape index (κ2) is 5.77. The Bertz CT molecular complexity index is 990. The van der Waals surface area contributed by atoms with Gasteiger partial charge in [0.05, 0.1) is 6.26 Å². The number of rotatable bonds is 4. The molecule has 1 aliphatic rings. The number of hydrogen-bond acceptors (Lipinski definition) is 3. The van der Waals surface area contributed by atoms with Gasteiger partial charge in [0.2, 0.25) is 5.91 Å². The van der Waals surface area contributed by atoms with Crippen molar-refractivity contribution in [2.75, 3.05) is 0 Å². The highest BCUT2D eigenvalue weighted by atomic mass is 16.3. The van der Waals surface area contributed by atoms with Gasteiger partial charge < -0.3 is 15.1 Å². The molecule has 25 heavy (non-hydrogen) atoms. The lowest BCUT2D eigenvalue weighted by atomic mass is 10.00. The quantitative estimate of drug-likeness (QED) is 0.795. The first-order valence-corrected chi connectivity index (χ1v) is 8.30. The number of carbonyl (C=O) groups is 2. The van der Waals surface area contributed by atoms with Crippen LogP contribution < -0.4 is 5.73 Å². The van der Waals surface area contributed by atoms with Gasteiger partial charge in [0, 0.05) is 23.1 Å². The molecule has 0 spiro atoms. The number of para-hydroxylation sites is 1. The second-order valence-corrected chi connectivity index (χ2v) is 6.28. The molecule has 0 radical (unpaired) electrons. The number of hydrogen-bond donors (Lipinski definition) is 1. The molecule has 1 aromatic heterocycles. The lowest BCUT2D eigenvalue weighted by Gasteiger charge is -2.23. The lowest BCUT2D eigenvalue weighted by Crippen LogP contribution is -2.44. The summed E-state index contributed by atoms with van der Waals surface area (Å²) in [6.07, 6.45) is 2.24. The summed E-state index contributed by atoms with van der Waals surface area (Å²) in [6.45, 7) is 2.26. The summed E-state index contributed by atoms with van der Waals surface area (Å²) >= 11 is 0. The van der Waals surface area contributed by atoms with Gasteiger partial charge in [-0.15, -0.1) is 0 Å². The maximum absolute atomic E-state index is 12.6. The van der Waals surface area contributed by atoms with E-state index in [4.69, 9.17) is 10.2 Å². The molecule has 2 aromatic carbocycles. The van der Waals surface area contributed by atoms with E-state index in [9.17, 15) is 9.59 Å². The lowest BCUT2D eigenvalue weighted by molar-refractivity contribution is -0.122. The second-order valence-electron chi connectivity index (χ2n) is 6.28. The molecular weight excluding hydrogens is 316 g/mol. The predicted octanol–water partition coefficient (Wildman–Crippen LogP) is 3.32. The van der Waals surface area contributed by atoms with Crippen molar-refractivity contribution in [3.63, 3.8) is 0 Å². The van der Waals surface area contributed by atoms with Crippen molar-refractivity contribution in [1.29, 1.82) is 0 Å². The monoisotopic (exact) mass is 334 g/mol. The fourth-order valence-electron chi connectivity index (χ4n) is 3.54. The standard InChI is InChI=1S/C20H18N2O3/c1-2-17(19(21)23)22-10-13-9-12(7-8-14(13)20(22)24)16-11-25-18-6-4-3-5-15(16)18/h3-9,11,17H,2,10H2,1H3,(H2,21,23)/t17-/m0/s1. The summed E-state index contributed by atoms with van der Waals surface area (Å²) in [5, 5.41) is 1.03. The number of carbonyl (C=O) groups excluding carboxylic acids is 2. The molecule has 5 heteroatoms.